The number of nitrogens with one attached hydrogen (secondary N) is 1. The number of ether oxygens (including phenoxy) is 1. The van der Waals surface area contributed by atoms with E-state index in [4.69, 9.17) is 4.74 Å². The Balaban J connectivity index is 1.65. The van der Waals surface area contributed by atoms with Crippen LogP contribution in [0.5, 0.6) is 0 Å². The van der Waals surface area contributed by atoms with Gasteiger partial charge in [-0.2, -0.15) is 5.10 Å². The van der Waals surface area contributed by atoms with Gasteiger partial charge in [0.15, 0.2) is 0 Å². The van der Waals surface area contributed by atoms with Gasteiger partial charge < -0.3 is 10.1 Å². The van der Waals surface area contributed by atoms with Gasteiger partial charge in [0.05, 0.1) is 18.9 Å². The van der Waals surface area contributed by atoms with Gasteiger partial charge in [-0.1, -0.05) is 6.42 Å². The van der Waals surface area contributed by atoms with Crippen LogP contribution in [0.25, 0.3) is 0 Å². The number of aryl methyl sites for hydroxylation is 1. The van der Waals surface area contributed by atoms with E-state index in [0.29, 0.717) is 12.6 Å². The summed E-state index contributed by atoms with van der Waals surface area (Å²) >= 11 is 0. The molecule has 4 heteroatoms. The lowest BCUT2D eigenvalue weighted by molar-refractivity contribution is 0.0887. The first-order chi connectivity index (χ1) is 7.34. The van der Waals surface area contributed by atoms with Gasteiger partial charge in [-0.3, -0.25) is 4.68 Å². The van der Waals surface area contributed by atoms with Crippen LogP contribution in [0.3, 0.4) is 0 Å². The zero-order valence-corrected chi connectivity index (χ0v) is 9.28. The minimum Gasteiger partial charge on any atom is -0.373 e. The molecule has 0 bridgehead atoms. The van der Waals surface area contributed by atoms with Crippen molar-refractivity contribution in [2.24, 2.45) is 7.05 Å². The standard InChI is InChI=1S/C11H19N3O/c1-14-7-5-11(13-14)9-15-8-10-4-2-3-6-12-10/h5,7,10,12H,2-4,6,8-9H2,1H3. The molecule has 0 aromatic carbocycles. The van der Waals surface area contributed by atoms with Crippen LogP contribution in [-0.4, -0.2) is 29.0 Å². The number of rotatable bonds is 4. The van der Waals surface area contributed by atoms with Crippen molar-refractivity contribution in [2.45, 2.75) is 31.9 Å². The molecule has 0 aliphatic carbocycles. The summed E-state index contributed by atoms with van der Waals surface area (Å²) in [6, 6.07) is 2.54. The van der Waals surface area contributed by atoms with Crippen molar-refractivity contribution in [1.29, 1.82) is 0 Å². The van der Waals surface area contributed by atoms with Crippen LogP contribution in [-0.2, 0) is 18.4 Å². The summed E-state index contributed by atoms with van der Waals surface area (Å²) in [4.78, 5) is 0. The van der Waals surface area contributed by atoms with Crippen LogP contribution in [0.1, 0.15) is 25.0 Å². The molecule has 1 saturated heterocycles. The molecular formula is C11H19N3O. The van der Waals surface area contributed by atoms with E-state index in [9.17, 15) is 0 Å². The third kappa shape index (κ3) is 3.32. The molecule has 1 aliphatic heterocycles. The molecule has 84 valence electrons. The highest BCUT2D eigenvalue weighted by molar-refractivity contribution is 4.96. The SMILES string of the molecule is Cn1ccc(COCC2CCCCN2)n1. The molecule has 2 heterocycles. The number of hydrogen-bond donors (Lipinski definition) is 1. The smallest absolute Gasteiger partial charge is 0.0907 e. The second-order valence-corrected chi connectivity index (χ2v) is 4.14. The van der Waals surface area contributed by atoms with E-state index >= 15 is 0 Å². The van der Waals surface area contributed by atoms with Gasteiger partial charge in [0.1, 0.15) is 0 Å². The predicted molar refractivity (Wildman–Crippen MR) is 58.5 cm³/mol. The minimum atomic E-state index is 0.544. The molecule has 0 radical (unpaired) electrons. The summed E-state index contributed by atoms with van der Waals surface area (Å²) in [5.74, 6) is 0. The van der Waals surface area contributed by atoms with Gasteiger partial charge in [-0.05, 0) is 25.5 Å². The maximum atomic E-state index is 5.63. The summed E-state index contributed by atoms with van der Waals surface area (Å²) in [7, 11) is 1.92. The molecule has 1 aliphatic rings. The predicted octanol–water partition coefficient (Wildman–Crippen LogP) is 1.08. The molecule has 1 N–H and O–H groups in total. The lowest BCUT2D eigenvalue weighted by Crippen LogP contribution is -2.37. The molecule has 4 nitrogen and oxygen atoms in total. The normalized spacial score (nSPS) is 21.8. The number of hydrogen-bond acceptors (Lipinski definition) is 3. The van der Waals surface area contributed by atoms with Crippen LogP contribution in [0.4, 0.5) is 0 Å². The van der Waals surface area contributed by atoms with Crippen molar-refractivity contribution < 1.29 is 4.74 Å². The molecule has 1 aromatic rings. The van der Waals surface area contributed by atoms with E-state index in [1.54, 1.807) is 4.68 Å². The second-order valence-electron chi connectivity index (χ2n) is 4.14. The fourth-order valence-electron chi connectivity index (χ4n) is 1.91. The molecule has 0 saturated carbocycles. The fraction of sp³-hybridized carbons (Fsp3) is 0.727. The summed E-state index contributed by atoms with van der Waals surface area (Å²) in [5, 5.41) is 7.72. The van der Waals surface area contributed by atoms with Gasteiger partial charge >= 0.3 is 0 Å². The van der Waals surface area contributed by atoms with Crippen LogP contribution in [0, 0.1) is 0 Å². The third-order valence-electron chi connectivity index (χ3n) is 2.75. The van der Waals surface area contributed by atoms with Gasteiger partial charge in [-0.15, -0.1) is 0 Å². The Hall–Kier alpha value is -0.870. The fourth-order valence-corrected chi connectivity index (χ4v) is 1.91. The molecule has 2 rings (SSSR count). The van der Waals surface area contributed by atoms with Crippen molar-refractivity contribution in [2.75, 3.05) is 13.2 Å². The lowest BCUT2D eigenvalue weighted by Gasteiger charge is -2.22. The Morgan fingerprint density at radius 3 is 3.20 bits per heavy atom. The first-order valence-corrected chi connectivity index (χ1v) is 5.64. The topological polar surface area (TPSA) is 39.1 Å². The quantitative estimate of drug-likeness (QED) is 0.806. The highest BCUT2D eigenvalue weighted by Crippen LogP contribution is 2.07. The van der Waals surface area contributed by atoms with Crippen molar-refractivity contribution in [3.05, 3.63) is 18.0 Å². The van der Waals surface area contributed by atoms with E-state index in [-0.39, 0.29) is 0 Å². The number of aromatic nitrogens is 2. The molecule has 1 aromatic heterocycles. The maximum Gasteiger partial charge on any atom is 0.0907 e. The summed E-state index contributed by atoms with van der Waals surface area (Å²) in [6.07, 6.45) is 5.81. The Morgan fingerprint density at radius 1 is 1.60 bits per heavy atom. The maximum absolute atomic E-state index is 5.63. The molecule has 15 heavy (non-hydrogen) atoms. The highest BCUT2D eigenvalue weighted by atomic mass is 16.5. The molecule has 0 amide bonds. The van der Waals surface area contributed by atoms with Crippen molar-refractivity contribution in [3.63, 3.8) is 0 Å². The van der Waals surface area contributed by atoms with Crippen LogP contribution >= 0.6 is 0 Å². The van der Waals surface area contributed by atoms with Crippen LogP contribution in [0.2, 0.25) is 0 Å². The molecular weight excluding hydrogens is 190 g/mol. The first-order valence-electron chi connectivity index (χ1n) is 5.64. The minimum absolute atomic E-state index is 0.544. The van der Waals surface area contributed by atoms with Gasteiger partial charge in [0.25, 0.3) is 0 Å². The molecule has 0 spiro atoms. The first kappa shape index (κ1) is 10.6. The van der Waals surface area contributed by atoms with Crippen molar-refractivity contribution >= 4 is 0 Å². The number of piperidine rings is 1. The monoisotopic (exact) mass is 209 g/mol. The summed E-state index contributed by atoms with van der Waals surface area (Å²) in [5.41, 5.74) is 1.01. The Bertz CT molecular complexity index is 292. The van der Waals surface area contributed by atoms with E-state index in [2.05, 4.69) is 10.4 Å². The van der Waals surface area contributed by atoms with E-state index in [1.165, 1.54) is 19.3 Å². The average Bonchev–Trinajstić information content (AvgIpc) is 2.66. The van der Waals surface area contributed by atoms with Crippen LogP contribution in [0.15, 0.2) is 12.3 Å². The lowest BCUT2D eigenvalue weighted by atomic mass is 10.1. The van der Waals surface area contributed by atoms with Gasteiger partial charge in [-0.25, -0.2) is 0 Å². The van der Waals surface area contributed by atoms with E-state index < -0.39 is 0 Å². The number of nitrogens with zero attached hydrogens (tertiary/aromatic N) is 2. The van der Waals surface area contributed by atoms with E-state index in [0.717, 1.165) is 18.8 Å². The zero-order chi connectivity index (χ0) is 10.5. The summed E-state index contributed by atoms with van der Waals surface area (Å²) in [6.45, 7) is 2.56. The third-order valence-corrected chi connectivity index (χ3v) is 2.75. The van der Waals surface area contributed by atoms with E-state index in [1.807, 2.05) is 19.3 Å². The molecule has 1 atom stereocenters. The largest absolute Gasteiger partial charge is 0.373 e. The van der Waals surface area contributed by atoms with Crippen molar-refractivity contribution in [3.8, 4) is 0 Å². The van der Waals surface area contributed by atoms with Crippen molar-refractivity contribution in [1.82, 2.24) is 15.1 Å². The Labute approximate surface area is 90.6 Å². The molecule has 1 unspecified atom stereocenters. The zero-order valence-electron chi connectivity index (χ0n) is 9.28. The highest BCUT2D eigenvalue weighted by Gasteiger charge is 2.12. The summed E-state index contributed by atoms with van der Waals surface area (Å²) < 4.78 is 7.44. The average molecular weight is 209 g/mol. The molecule has 1 fully saturated rings. The van der Waals surface area contributed by atoms with Crippen LogP contribution < -0.4 is 5.32 Å². The van der Waals surface area contributed by atoms with Gasteiger partial charge in [0.2, 0.25) is 0 Å². The Morgan fingerprint density at radius 2 is 2.53 bits per heavy atom. The van der Waals surface area contributed by atoms with Gasteiger partial charge in [0, 0.05) is 19.3 Å². The second kappa shape index (κ2) is 5.28. The Kier molecular flexibility index (Phi) is 3.75.